The number of hydrazine groups is 1. The van der Waals surface area contributed by atoms with Gasteiger partial charge in [-0.05, 0) is 97.3 Å². The van der Waals surface area contributed by atoms with E-state index in [9.17, 15) is 24.6 Å². The van der Waals surface area contributed by atoms with E-state index >= 15 is 0 Å². The molecule has 2 atom stereocenters. The summed E-state index contributed by atoms with van der Waals surface area (Å²) in [5.74, 6) is -0.251. The van der Waals surface area contributed by atoms with Crippen LogP contribution in [0.2, 0.25) is 16.6 Å². The van der Waals surface area contributed by atoms with Crippen LogP contribution in [0.1, 0.15) is 80.7 Å². The fraction of sp³-hybridized carbons (Fsp3) is 0.538. The number of hydrogen-bond acceptors (Lipinski definition) is 9. The van der Waals surface area contributed by atoms with Crippen LogP contribution in [0.5, 0.6) is 11.5 Å². The molecule has 13 heteroatoms. The predicted octanol–water partition coefficient (Wildman–Crippen LogP) is 6.84. The molecule has 1 aromatic heterocycles. The van der Waals surface area contributed by atoms with Crippen LogP contribution >= 0.6 is 0 Å². The van der Waals surface area contributed by atoms with Crippen molar-refractivity contribution in [1.29, 1.82) is 0 Å². The molecule has 52 heavy (non-hydrogen) atoms. The molecule has 0 bridgehead atoms. The Balaban J connectivity index is 1.85. The van der Waals surface area contributed by atoms with Gasteiger partial charge in [0.05, 0.1) is 12.1 Å². The van der Waals surface area contributed by atoms with E-state index in [1.165, 1.54) is 5.01 Å². The predicted molar refractivity (Wildman–Crippen MR) is 204 cm³/mol. The minimum Gasteiger partial charge on any atom is -0.543 e. The Bertz CT molecular complexity index is 1700. The number of alkyl carbamates (subject to hydrolysis) is 1. The monoisotopic (exact) mass is 736 g/mol. The number of fused-ring (bicyclic) bond motifs is 1. The van der Waals surface area contributed by atoms with Gasteiger partial charge in [0.15, 0.2) is 0 Å². The molecular weight excluding hydrogens is 681 g/mol. The van der Waals surface area contributed by atoms with Gasteiger partial charge < -0.3 is 29.4 Å². The number of aliphatic carboxylic acids is 1. The van der Waals surface area contributed by atoms with Gasteiger partial charge in [0, 0.05) is 24.5 Å². The highest BCUT2D eigenvalue weighted by atomic mass is 28.4. The van der Waals surface area contributed by atoms with Crippen molar-refractivity contribution in [3.63, 3.8) is 0 Å². The van der Waals surface area contributed by atoms with Crippen LogP contribution in [0.3, 0.4) is 0 Å². The minimum absolute atomic E-state index is 0.0811. The molecule has 12 nitrogen and oxygen atoms in total. The van der Waals surface area contributed by atoms with Crippen molar-refractivity contribution in [3.05, 3.63) is 54.2 Å². The highest BCUT2D eigenvalue weighted by molar-refractivity contribution is 6.78. The summed E-state index contributed by atoms with van der Waals surface area (Å²) in [7, 11) is -2.43. The summed E-state index contributed by atoms with van der Waals surface area (Å²) >= 11 is 0. The summed E-state index contributed by atoms with van der Waals surface area (Å²) in [5, 5.41) is 23.9. The zero-order valence-corrected chi connectivity index (χ0v) is 33.0. The van der Waals surface area contributed by atoms with Crippen LogP contribution in [0, 0.1) is 0 Å². The Labute approximate surface area is 308 Å². The van der Waals surface area contributed by atoms with Crippen molar-refractivity contribution >= 4 is 37.2 Å². The van der Waals surface area contributed by atoms with Crippen LogP contribution in [-0.4, -0.2) is 83.9 Å². The number of nitrogens with zero attached hydrogens (tertiary/aromatic N) is 2. The number of pyridine rings is 1. The van der Waals surface area contributed by atoms with Gasteiger partial charge in [0.25, 0.3) is 14.2 Å². The molecule has 3 aromatic rings. The van der Waals surface area contributed by atoms with Gasteiger partial charge in [-0.25, -0.2) is 10.2 Å². The van der Waals surface area contributed by atoms with Crippen molar-refractivity contribution in [2.75, 3.05) is 19.8 Å². The highest BCUT2D eigenvalue weighted by Crippen LogP contribution is 2.44. The first-order valence-electron chi connectivity index (χ1n) is 18.2. The summed E-state index contributed by atoms with van der Waals surface area (Å²) in [6, 6.07) is 11.6. The zero-order chi connectivity index (χ0) is 38.4. The Morgan fingerprint density at radius 1 is 1.00 bits per heavy atom. The largest absolute Gasteiger partial charge is 0.543 e. The topological polar surface area (TPSA) is 160 Å². The van der Waals surface area contributed by atoms with E-state index in [-0.39, 0.29) is 19.6 Å². The second kappa shape index (κ2) is 17.1. The molecule has 2 heterocycles. The van der Waals surface area contributed by atoms with E-state index in [4.69, 9.17) is 13.9 Å². The van der Waals surface area contributed by atoms with E-state index < -0.39 is 44.0 Å². The van der Waals surface area contributed by atoms with Crippen LogP contribution < -0.4 is 19.9 Å². The Hall–Kier alpha value is -4.20. The molecule has 284 valence electrons. The van der Waals surface area contributed by atoms with Gasteiger partial charge in [-0.1, -0.05) is 53.7 Å². The summed E-state index contributed by atoms with van der Waals surface area (Å²) in [4.78, 5) is 43.6. The van der Waals surface area contributed by atoms with E-state index in [1.54, 1.807) is 33.0 Å². The molecule has 4 N–H and O–H groups in total. The summed E-state index contributed by atoms with van der Waals surface area (Å²) < 4.78 is 18.6. The number of nitrogens with one attached hydrogen (secondary N) is 2. The molecule has 0 spiro atoms. The lowest BCUT2D eigenvalue weighted by molar-refractivity contribution is -0.147. The standard InChI is InChI=1S/C39H56N4O8Si/c1-24(2)52(25(3)4,26(5)6)51-30-20-27(19-29(22-30)28-12-13-32-31(23-28)35(14-15-40-32)49-18-17-44)21-34(41-38(48)50-39(7,8)9)36(45)43-16-10-11-33(42-43)37(46)47/h12-15,19-20,22-26,33-34,42,44H,10-11,16-18,21H2,1-9H3,(H,41,48)(H,46,47)/t33-,34?/m0/s1. The van der Waals surface area contributed by atoms with Gasteiger partial charge in [-0.2, -0.15) is 0 Å². The summed E-state index contributed by atoms with van der Waals surface area (Å²) in [6.07, 6.45) is 1.87. The quantitative estimate of drug-likeness (QED) is 0.129. The van der Waals surface area contributed by atoms with E-state index in [1.807, 2.05) is 36.4 Å². The minimum atomic E-state index is -2.43. The SMILES string of the molecule is CC(C)[Si](Oc1cc(CC(NC(=O)OC(C)(C)C)C(=O)N2CCC[C@@H](C(=O)O)N2)cc(-c2ccc3nccc(OCCO)c3c2)c1)(C(C)C)C(C)C. The van der Waals surface area contributed by atoms with Crippen molar-refractivity contribution in [2.45, 2.75) is 116 Å². The Morgan fingerprint density at radius 3 is 2.31 bits per heavy atom. The second-order valence-electron chi connectivity index (χ2n) is 15.5. The highest BCUT2D eigenvalue weighted by Gasteiger charge is 2.47. The molecule has 0 radical (unpaired) electrons. The van der Waals surface area contributed by atoms with Gasteiger partial charge in [0.1, 0.15) is 35.8 Å². The average molecular weight is 737 g/mol. The van der Waals surface area contributed by atoms with Crippen molar-refractivity contribution in [1.82, 2.24) is 20.7 Å². The molecule has 4 rings (SSSR count). The summed E-state index contributed by atoms with van der Waals surface area (Å²) in [5.41, 5.74) is 6.08. The lowest BCUT2D eigenvalue weighted by atomic mass is 9.97. The molecule has 1 aliphatic rings. The third-order valence-electron chi connectivity index (χ3n) is 9.53. The molecule has 0 saturated carbocycles. The van der Waals surface area contributed by atoms with Gasteiger partial charge >= 0.3 is 12.1 Å². The molecule has 1 saturated heterocycles. The molecule has 1 fully saturated rings. The fourth-order valence-corrected chi connectivity index (χ4v) is 12.6. The lowest BCUT2D eigenvalue weighted by Gasteiger charge is -2.42. The third kappa shape index (κ3) is 9.81. The normalized spacial score (nSPS) is 15.9. The van der Waals surface area contributed by atoms with E-state index in [2.05, 4.69) is 57.3 Å². The smallest absolute Gasteiger partial charge is 0.408 e. The molecule has 2 aromatic carbocycles. The van der Waals surface area contributed by atoms with Crippen LogP contribution in [0.4, 0.5) is 4.79 Å². The molecule has 1 unspecified atom stereocenters. The number of carbonyl (C=O) groups excluding carboxylic acids is 2. The number of amides is 2. The van der Waals surface area contributed by atoms with Crippen molar-refractivity contribution in [3.8, 4) is 22.6 Å². The zero-order valence-electron chi connectivity index (χ0n) is 32.0. The van der Waals surface area contributed by atoms with Gasteiger partial charge in [-0.3, -0.25) is 19.6 Å². The van der Waals surface area contributed by atoms with Crippen LogP contribution in [0.15, 0.2) is 48.7 Å². The fourth-order valence-electron chi connectivity index (χ4n) is 7.34. The van der Waals surface area contributed by atoms with E-state index in [0.29, 0.717) is 47.5 Å². The Morgan fingerprint density at radius 2 is 1.69 bits per heavy atom. The first-order chi connectivity index (χ1) is 24.4. The maximum Gasteiger partial charge on any atom is 0.408 e. The number of rotatable bonds is 14. The lowest BCUT2D eigenvalue weighted by Crippen LogP contribution is -2.60. The number of benzene rings is 2. The molecule has 1 aliphatic heterocycles. The molecule has 2 amide bonds. The van der Waals surface area contributed by atoms with Crippen molar-refractivity contribution in [2.24, 2.45) is 0 Å². The maximum absolute atomic E-state index is 14.1. The number of aliphatic hydroxyl groups is 1. The first kappa shape index (κ1) is 40.6. The number of aliphatic hydroxyl groups excluding tert-OH is 1. The number of ether oxygens (including phenoxy) is 2. The summed E-state index contributed by atoms with van der Waals surface area (Å²) in [6.45, 7) is 18.9. The molecule has 0 aliphatic carbocycles. The first-order valence-corrected chi connectivity index (χ1v) is 20.3. The van der Waals surface area contributed by atoms with E-state index in [0.717, 1.165) is 27.6 Å². The van der Waals surface area contributed by atoms with Gasteiger partial charge in [-0.15, -0.1) is 0 Å². The van der Waals surface area contributed by atoms with Crippen LogP contribution in [-0.2, 0) is 20.7 Å². The van der Waals surface area contributed by atoms with Crippen molar-refractivity contribution < 1.29 is 38.5 Å². The van der Waals surface area contributed by atoms with Gasteiger partial charge in [0.2, 0.25) is 0 Å². The Kier molecular flexibility index (Phi) is 13.3. The molecular formula is C39H56N4O8Si. The van der Waals surface area contributed by atoms with Crippen LogP contribution in [0.25, 0.3) is 22.0 Å². The number of hydrogen-bond donors (Lipinski definition) is 4. The number of carboxylic acids is 1. The number of carbonyl (C=O) groups is 3. The maximum atomic E-state index is 14.1. The number of aromatic nitrogens is 1. The second-order valence-corrected chi connectivity index (χ2v) is 20.8. The number of carboxylic acid groups (broad SMARTS) is 1. The third-order valence-corrected chi connectivity index (χ3v) is 15.5. The average Bonchev–Trinajstić information content (AvgIpc) is 3.07.